The van der Waals surface area contributed by atoms with Crippen LogP contribution in [0.2, 0.25) is 0 Å². The number of amides is 3. The highest BCUT2D eigenvalue weighted by Gasteiger charge is 2.44. The van der Waals surface area contributed by atoms with E-state index in [-0.39, 0.29) is 11.2 Å². The molecule has 1 atom stereocenters. The van der Waals surface area contributed by atoms with Gasteiger partial charge in [0, 0.05) is 13.1 Å². The van der Waals surface area contributed by atoms with E-state index in [0.717, 1.165) is 24.7 Å². The summed E-state index contributed by atoms with van der Waals surface area (Å²) >= 11 is 1.37. The lowest BCUT2D eigenvalue weighted by Gasteiger charge is -2.23. The van der Waals surface area contributed by atoms with Crippen molar-refractivity contribution in [2.24, 2.45) is 9.98 Å². The predicted molar refractivity (Wildman–Crippen MR) is 56.0 cm³/mol. The topological polar surface area (TPSA) is 74.1 Å². The van der Waals surface area contributed by atoms with Crippen LogP contribution in [0.15, 0.2) is 9.98 Å². The summed E-state index contributed by atoms with van der Waals surface area (Å²) in [6.07, 6.45) is 0.936. The molecule has 0 aromatic carbocycles. The lowest BCUT2D eigenvalue weighted by molar-refractivity contribution is -0.118. The molecule has 3 aliphatic rings. The molecule has 0 aliphatic carbocycles. The van der Waals surface area contributed by atoms with E-state index in [1.54, 1.807) is 0 Å². The third kappa shape index (κ3) is 1.26. The number of nitrogens with zero attached hydrogens (tertiary/aromatic N) is 3. The van der Waals surface area contributed by atoms with E-state index in [9.17, 15) is 9.59 Å². The van der Waals surface area contributed by atoms with Crippen LogP contribution in [0.5, 0.6) is 0 Å². The number of nitrogens with one attached hydrogen (secondary N) is 1. The van der Waals surface area contributed by atoms with Crippen molar-refractivity contribution in [3.63, 3.8) is 0 Å². The molecular weight excluding hydrogens is 216 g/mol. The number of hydrogen-bond acceptors (Lipinski definition) is 5. The van der Waals surface area contributed by atoms with Gasteiger partial charge in [0.05, 0.1) is 0 Å². The first-order valence-electron chi connectivity index (χ1n) is 4.68. The van der Waals surface area contributed by atoms with Gasteiger partial charge in [-0.15, -0.1) is 0 Å². The molecule has 6 nitrogen and oxygen atoms in total. The van der Waals surface area contributed by atoms with Gasteiger partial charge in [-0.2, -0.15) is 4.99 Å². The zero-order valence-corrected chi connectivity index (χ0v) is 8.58. The minimum Gasteiger partial charge on any atom is -0.308 e. The Kier molecular flexibility index (Phi) is 1.82. The van der Waals surface area contributed by atoms with E-state index in [2.05, 4.69) is 15.3 Å². The number of amidine groups is 2. The summed E-state index contributed by atoms with van der Waals surface area (Å²) in [7, 11) is 0. The predicted octanol–water partition coefficient (Wildman–Crippen LogP) is -0.188. The summed E-state index contributed by atoms with van der Waals surface area (Å²) in [5.74, 6) is 0.263. The first kappa shape index (κ1) is 8.90. The van der Waals surface area contributed by atoms with Gasteiger partial charge in [0.25, 0.3) is 0 Å². The molecule has 78 valence electrons. The highest BCUT2D eigenvalue weighted by atomic mass is 32.2. The largest absolute Gasteiger partial charge is 0.349 e. The fourth-order valence-electron chi connectivity index (χ4n) is 1.79. The summed E-state index contributed by atoms with van der Waals surface area (Å²) in [4.78, 5) is 32.6. The van der Waals surface area contributed by atoms with Gasteiger partial charge in [-0.1, -0.05) is 11.8 Å². The average molecular weight is 224 g/mol. The fraction of sp³-hybridized carbons (Fsp3) is 0.500. The van der Waals surface area contributed by atoms with Crippen LogP contribution in [0.4, 0.5) is 4.79 Å². The summed E-state index contributed by atoms with van der Waals surface area (Å²) in [5.41, 5.74) is 0. The van der Waals surface area contributed by atoms with Gasteiger partial charge in [-0.3, -0.25) is 15.1 Å². The zero-order valence-electron chi connectivity index (χ0n) is 7.77. The molecule has 0 bridgehead atoms. The summed E-state index contributed by atoms with van der Waals surface area (Å²) in [6, 6.07) is -0.571. The molecule has 1 N–H and O–H groups in total. The Hall–Kier alpha value is -1.37. The monoisotopic (exact) mass is 224 g/mol. The van der Waals surface area contributed by atoms with Crippen molar-refractivity contribution in [3.05, 3.63) is 0 Å². The van der Waals surface area contributed by atoms with Crippen LogP contribution in [0.25, 0.3) is 0 Å². The van der Waals surface area contributed by atoms with E-state index >= 15 is 0 Å². The molecule has 3 rings (SSSR count). The Labute approximate surface area is 89.8 Å². The first-order valence-corrected chi connectivity index (χ1v) is 5.56. The Balaban J connectivity index is 2.04. The number of carbonyl (C=O) groups is 2. The van der Waals surface area contributed by atoms with Crippen LogP contribution in [-0.2, 0) is 4.79 Å². The van der Waals surface area contributed by atoms with Crippen molar-refractivity contribution in [1.29, 1.82) is 0 Å². The molecule has 15 heavy (non-hydrogen) atoms. The van der Waals surface area contributed by atoms with E-state index in [4.69, 9.17) is 0 Å². The fourth-order valence-corrected chi connectivity index (χ4v) is 2.93. The van der Waals surface area contributed by atoms with Gasteiger partial charge in [0.2, 0.25) is 5.91 Å². The number of aliphatic imine (C=N–C) groups is 2. The summed E-state index contributed by atoms with van der Waals surface area (Å²) in [5, 5.41) is 2.62. The number of urea groups is 1. The molecule has 3 amide bonds. The van der Waals surface area contributed by atoms with Crippen molar-refractivity contribution in [2.45, 2.75) is 11.7 Å². The van der Waals surface area contributed by atoms with Gasteiger partial charge < -0.3 is 4.90 Å². The van der Waals surface area contributed by atoms with Crippen LogP contribution < -0.4 is 5.32 Å². The third-order valence-corrected chi connectivity index (χ3v) is 3.66. The first-order chi connectivity index (χ1) is 7.25. The molecule has 0 radical (unpaired) electrons. The van der Waals surface area contributed by atoms with Crippen molar-refractivity contribution in [1.82, 2.24) is 10.2 Å². The van der Waals surface area contributed by atoms with Crippen molar-refractivity contribution >= 4 is 34.7 Å². The van der Waals surface area contributed by atoms with Crippen LogP contribution in [-0.4, -0.2) is 46.2 Å². The number of imide groups is 1. The van der Waals surface area contributed by atoms with Gasteiger partial charge in [0.15, 0.2) is 5.17 Å². The van der Waals surface area contributed by atoms with E-state index in [1.807, 2.05) is 4.90 Å². The molecule has 1 unspecified atom stereocenters. The molecule has 0 spiro atoms. The number of thioether (sulfide) groups is 1. The summed E-state index contributed by atoms with van der Waals surface area (Å²) < 4.78 is 0. The van der Waals surface area contributed by atoms with Crippen molar-refractivity contribution < 1.29 is 9.59 Å². The van der Waals surface area contributed by atoms with Crippen molar-refractivity contribution in [2.75, 3.05) is 13.1 Å². The van der Waals surface area contributed by atoms with Gasteiger partial charge in [-0.25, -0.2) is 4.79 Å². The smallest absolute Gasteiger partial charge is 0.308 e. The molecule has 3 heterocycles. The van der Waals surface area contributed by atoms with E-state index < -0.39 is 6.03 Å². The number of hydrogen-bond donors (Lipinski definition) is 1. The maximum Gasteiger partial charge on any atom is 0.349 e. The maximum absolute atomic E-state index is 11.5. The molecule has 0 aromatic heterocycles. The number of rotatable bonds is 0. The SMILES string of the molecule is O=C1N=C2C(SC3=NCCCN32)C(=O)N1. The van der Waals surface area contributed by atoms with E-state index in [0.29, 0.717) is 5.84 Å². The highest BCUT2D eigenvalue weighted by molar-refractivity contribution is 8.16. The Morgan fingerprint density at radius 1 is 1.47 bits per heavy atom. The van der Waals surface area contributed by atoms with Crippen LogP contribution in [0.3, 0.4) is 0 Å². The molecular formula is C8H8N4O2S. The summed E-state index contributed by atoms with van der Waals surface area (Å²) in [6.45, 7) is 1.58. The lowest BCUT2D eigenvalue weighted by Crippen LogP contribution is -2.47. The highest BCUT2D eigenvalue weighted by Crippen LogP contribution is 2.31. The molecule has 3 aliphatic heterocycles. The number of fused-ring (bicyclic) bond motifs is 3. The minimum atomic E-state index is -0.571. The van der Waals surface area contributed by atoms with Gasteiger partial charge in [-0.05, 0) is 6.42 Å². The second-order valence-electron chi connectivity index (χ2n) is 3.43. The third-order valence-electron chi connectivity index (χ3n) is 2.44. The zero-order chi connectivity index (χ0) is 10.4. The number of carbonyl (C=O) groups excluding carboxylic acids is 2. The standard InChI is InChI=1S/C8H8N4O2S/c13-6-4-5(10-7(14)11-6)12-3-1-2-9-8(12)15-4/h4H,1-3H2,(H,11,13,14). The average Bonchev–Trinajstić information content (AvgIpc) is 2.57. The molecule has 7 heteroatoms. The minimum absolute atomic E-state index is 0.285. The molecule has 0 aromatic rings. The van der Waals surface area contributed by atoms with Crippen molar-refractivity contribution in [3.8, 4) is 0 Å². The Morgan fingerprint density at radius 3 is 3.20 bits per heavy atom. The second kappa shape index (κ2) is 3.06. The molecule has 1 fully saturated rings. The maximum atomic E-state index is 11.5. The van der Waals surface area contributed by atoms with Crippen LogP contribution >= 0.6 is 11.8 Å². The molecule has 1 saturated heterocycles. The van der Waals surface area contributed by atoms with Gasteiger partial charge in [0.1, 0.15) is 11.1 Å². The van der Waals surface area contributed by atoms with E-state index in [1.165, 1.54) is 11.8 Å². The normalized spacial score (nSPS) is 29.1. The quantitative estimate of drug-likeness (QED) is 0.619. The second-order valence-corrected chi connectivity index (χ2v) is 4.50. The Morgan fingerprint density at radius 2 is 2.33 bits per heavy atom. The molecule has 0 saturated carbocycles. The lowest BCUT2D eigenvalue weighted by atomic mass is 10.2. The van der Waals surface area contributed by atoms with Crippen LogP contribution in [0.1, 0.15) is 6.42 Å². The van der Waals surface area contributed by atoms with Gasteiger partial charge >= 0.3 is 6.03 Å². The Bertz CT molecular complexity index is 417. The van der Waals surface area contributed by atoms with Crippen LogP contribution in [0, 0.1) is 0 Å².